The van der Waals surface area contributed by atoms with E-state index >= 15 is 0 Å². The van der Waals surface area contributed by atoms with E-state index in [1.54, 1.807) is 4.90 Å². The maximum Gasteiger partial charge on any atom is 0.327 e. The van der Waals surface area contributed by atoms with E-state index in [9.17, 15) is 9.59 Å². The number of carbonyl (C=O) groups is 2. The molecule has 1 atom stereocenters. The standard InChI is InChI=1S/C21H38N2O2/c1-3-5-7-9-11-14-18(15-12-10-8-6-4-2)23-20(24)19-16-13-17-22(19)21(23)25/h18-19H,3-17H2,1-2H3. The van der Waals surface area contributed by atoms with Gasteiger partial charge in [0.25, 0.3) is 5.91 Å². The normalized spacial score (nSPS) is 20.2. The summed E-state index contributed by atoms with van der Waals surface area (Å²) in [6, 6.07) is -0.0105. The molecule has 2 fully saturated rings. The van der Waals surface area contributed by atoms with E-state index in [1.807, 2.05) is 4.90 Å². The first-order chi connectivity index (χ1) is 12.2. The van der Waals surface area contributed by atoms with Crippen LogP contribution in [0, 0.1) is 0 Å². The fourth-order valence-electron chi connectivity index (χ4n) is 4.35. The van der Waals surface area contributed by atoms with Gasteiger partial charge in [-0.3, -0.25) is 9.69 Å². The van der Waals surface area contributed by atoms with Crippen LogP contribution in [0.5, 0.6) is 0 Å². The lowest BCUT2D eigenvalue weighted by molar-refractivity contribution is -0.129. The molecule has 144 valence electrons. The number of amides is 3. The second-order valence-corrected chi connectivity index (χ2v) is 7.90. The van der Waals surface area contributed by atoms with Gasteiger partial charge < -0.3 is 4.90 Å². The van der Waals surface area contributed by atoms with Crippen LogP contribution in [0.4, 0.5) is 4.79 Å². The fourth-order valence-corrected chi connectivity index (χ4v) is 4.35. The third-order valence-corrected chi connectivity index (χ3v) is 5.87. The van der Waals surface area contributed by atoms with E-state index in [-0.39, 0.29) is 24.0 Å². The highest BCUT2D eigenvalue weighted by molar-refractivity contribution is 6.04. The third kappa shape index (κ3) is 5.46. The van der Waals surface area contributed by atoms with Gasteiger partial charge in [0.1, 0.15) is 6.04 Å². The van der Waals surface area contributed by atoms with E-state index < -0.39 is 0 Å². The van der Waals surface area contributed by atoms with E-state index in [2.05, 4.69) is 13.8 Å². The Hall–Kier alpha value is -1.06. The molecule has 0 aliphatic carbocycles. The van der Waals surface area contributed by atoms with Gasteiger partial charge in [-0.15, -0.1) is 0 Å². The molecule has 4 heteroatoms. The first kappa shape index (κ1) is 20.3. The zero-order valence-corrected chi connectivity index (χ0v) is 16.5. The number of nitrogens with zero attached hydrogens (tertiary/aromatic N) is 2. The molecule has 0 N–H and O–H groups in total. The molecular weight excluding hydrogens is 312 g/mol. The van der Waals surface area contributed by atoms with Gasteiger partial charge >= 0.3 is 6.03 Å². The van der Waals surface area contributed by atoms with Gasteiger partial charge in [-0.1, -0.05) is 78.1 Å². The molecule has 1 unspecified atom stereocenters. The molecule has 2 aliphatic rings. The Balaban J connectivity index is 1.88. The molecule has 2 saturated heterocycles. The number of hydrogen-bond acceptors (Lipinski definition) is 2. The summed E-state index contributed by atoms with van der Waals surface area (Å²) in [4.78, 5) is 29.0. The Morgan fingerprint density at radius 2 is 1.44 bits per heavy atom. The number of imide groups is 1. The zero-order valence-electron chi connectivity index (χ0n) is 16.5. The monoisotopic (exact) mass is 350 g/mol. The van der Waals surface area contributed by atoms with Crippen LogP contribution in [0.15, 0.2) is 0 Å². The molecule has 3 amide bonds. The van der Waals surface area contributed by atoms with Crippen molar-refractivity contribution in [1.29, 1.82) is 0 Å². The lowest BCUT2D eigenvalue weighted by Gasteiger charge is -2.26. The molecule has 0 radical (unpaired) electrons. The predicted molar refractivity (Wildman–Crippen MR) is 103 cm³/mol. The van der Waals surface area contributed by atoms with Crippen molar-refractivity contribution in [3.05, 3.63) is 0 Å². The van der Waals surface area contributed by atoms with Gasteiger partial charge in [-0.2, -0.15) is 0 Å². The number of urea groups is 1. The maximum atomic E-state index is 12.8. The summed E-state index contributed by atoms with van der Waals surface area (Å²) < 4.78 is 0. The lowest BCUT2D eigenvalue weighted by Crippen LogP contribution is -2.42. The van der Waals surface area contributed by atoms with Crippen LogP contribution in [0.1, 0.15) is 104 Å². The number of rotatable bonds is 13. The van der Waals surface area contributed by atoms with Gasteiger partial charge in [0.15, 0.2) is 0 Å². The minimum absolute atomic E-state index is 0.000355. The first-order valence-corrected chi connectivity index (χ1v) is 10.8. The van der Waals surface area contributed by atoms with Gasteiger partial charge in [-0.25, -0.2) is 4.79 Å². The number of fused-ring (bicyclic) bond motifs is 1. The minimum Gasteiger partial charge on any atom is -0.312 e. The highest BCUT2D eigenvalue weighted by Gasteiger charge is 2.49. The molecule has 2 heterocycles. The van der Waals surface area contributed by atoms with E-state index in [0.29, 0.717) is 0 Å². The Labute approximate surface area is 154 Å². The zero-order chi connectivity index (χ0) is 18.1. The summed E-state index contributed by atoms with van der Waals surface area (Å²) in [6.07, 6.45) is 16.2. The van der Waals surface area contributed by atoms with Crippen LogP contribution in [-0.4, -0.2) is 40.4 Å². The van der Waals surface area contributed by atoms with Crippen LogP contribution in [-0.2, 0) is 4.79 Å². The quantitative estimate of drug-likeness (QED) is 0.325. The predicted octanol–water partition coefficient (Wildman–Crippen LogP) is 5.50. The number of unbranched alkanes of at least 4 members (excludes halogenated alkanes) is 8. The second-order valence-electron chi connectivity index (χ2n) is 7.90. The third-order valence-electron chi connectivity index (χ3n) is 5.87. The summed E-state index contributed by atoms with van der Waals surface area (Å²) >= 11 is 0. The molecule has 25 heavy (non-hydrogen) atoms. The van der Waals surface area contributed by atoms with Crippen LogP contribution in [0.25, 0.3) is 0 Å². The van der Waals surface area contributed by atoms with E-state index in [1.165, 1.54) is 51.4 Å². The van der Waals surface area contributed by atoms with E-state index in [0.717, 1.165) is 45.1 Å². The lowest BCUT2D eigenvalue weighted by atomic mass is 9.99. The van der Waals surface area contributed by atoms with E-state index in [4.69, 9.17) is 0 Å². The van der Waals surface area contributed by atoms with Crippen molar-refractivity contribution in [3.8, 4) is 0 Å². The Kier molecular flexibility index (Phi) is 8.77. The van der Waals surface area contributed by atoms with Crippen LogP contribution >= 0.6 is 0 Å². The largest absolute Gasteiger partial charge is 0.327 e. The Morgan fingerprint density at radius 1 is 0.880 bits per heavy atom. The SMILES string of the molecule is CCCCCCCC(CCCCCCC)N1C(=O)C2CCCN2C1=O. The van der Waals surface area contributed by atoms with Crippen LogP contribution < -0.4 is 0 Å². The van der Waals surface area contributed by atoms with Crippen molar-refractivity contribution in [2.75, 3.05) is 6.54 Å². The molecule has 0 bridgehead atoms. The summed E-state index contributed by atoms with van der Waals surface area (Å²) in [5.74, 6) is 0.0922. The summed E-state index contributed by atoms with van der Waals surface area (Å²) in [6.45, 7) is 5.23. The van der Waals surface area contributed by atoms with Crippen molar-refractivity contribution in [1.82, 2.24) is 9.80 Å². The smallest absolute Gasteiger partial charge is 0.312 e. The van der Waals surface area contributed by atoms with Gasteiger partial charge in [0.2, 0.25) is 0 Å². The number of hydrogen-bond donors (Lipinski definition) is 0. The molecule has 0 saturated carbocycles. The Bertz CT molecular complexity index is 388. The highest BCUT2D eigenvalue weighted by atomic mass is 16.2. The average molecular weight is 351 g/mol. The maximum absolute atomic E-state index is 12.8. The molecule has 0 spiro atoms. The molecule has 0 aromatic heterocycles. The summed E-state index contributed by atoms with van der Waals surface area (Å²) in [5.41, 5.74) is 0. The number of carbonyl (C=O) groups excluding carboxylic acids is 2. The molecule has 2 aliphatic heterocycles. The minimum atomic E-state index is -0.143. The van der Waals surface area contributed by atoms with Crippen molar-refractivity contribution in [3.63, 3.8) is 0 Å². The summed E-state index contributed by atoms with van der Waals surface area (Å²) in [7, 11) is 0. The molecule has 0 aromatic rings. The summed E-state index contributed by atoms with van der Waals surface area (Å²) in [5, 5.41) is 0. The van der Waals surface area contributed by atoms with Crippen LogP contribution in [0.2, 0.25) is 0 Å². The van der Waals surface area contributed by atoms with Gasteiger partial charge in [0.05, 0.1) is 0 Å². The van der Waals surface area contributed by atoms with Gasteiger partial charge in [-0.05, 0) is 25.7 Å². The molecular formula is C21H38N2O2. The Morgan fingerprint density at radius 3 is 1.96 bits per heavy atom. The van der Waals surface area contributed by atoms with Crippen molar-refractivity contribution in [2.24, 2.45) is 0 Å². The fraction of sp³-hybridized carbons (Fsp3) is 0.905. The second kappa shape index (κ2) is 10.8. The molecule has 0 aromatic carbocycles. The van der Waals surface area contributed by atoms with Gasteiger partial charge in [0, 0.05) is 12.6 Å². The first-order valence-electron chi connectivity index (χ1n) is 10.8. The highest BCUT2D eigenvalue weighted by Crippen LogP contribution is 2.31. The molecule has 4 nitrogen and oxygen atoms in total. The average Bonchev–Trinajstić information content (AvgIpc) is 3.17. The van der Waals surface area contributed by atoms with Crippen molar-refractivity contribution < 1.29 is 9.59 Å². The van der Waals surface area contributed by atoms with Crippen molar-refractivity contribution >= 4 is 11.9 Å². The van der Waals surface area contributed by atoms with Crippen molar-refractivity contribution in [2.45, 2.75) is 116 Å². The topological polar surface area (TPSA) is 40.6 Å². The van der Waals surface area contributed by atoms with Crippen LogP contribution in [0.3, 0.4) is 0 Å². The molecule has 2 rings (SSSR count).